The first-order valence-corrected chi connectivity index (χ1v) is 11.7. The average Bonchev–Trinajstić information content (AvgIpc) is 2.69. The molecule has 0 spiro atoms. The maximum Gasteiger partial charge on any atom is 0.243 e. The van der Waals surface area contributed by atoms with Crippen molar-refractivity contribution in [3.05, 3.63) is 64.6 Å². The highest BCUT2D eigenvalue weighted by molar-refractivity contribution is 9.10. The minimum atomic E-state index is -3.81. The van der Waals surface area contributed by atoms with Crippen molar-refractivity contribution in [3.63, 3.8) is 0 Å². The predicted octanol–water partition coefficient (Wildman–Crippen LogP) is 3.57. The number of amides is 1. The Hall–Kier alpha value is -1.74. The molecule has 1 N–H and O–H groups in total. The second-order valence-corrected chi connectivity index (χ2v) is 9.69. The molecule has 0 saturated heterocycles. The number of hydrogen-bond donors (Lipinski definition) is 1. The molecule has 0 bridgehead atoms. The van der Waals surface area contributed by atoms with Gasteiger partial charge in [0.05, 0.1) is 17.5 Å². The Labute approximate surface area is 181 Å². The highest BCUT2D eigenvalue weighted by Crippen LogP contribution is 2.19. The van der Waals surface area contributed by atoms with Gasteiger partial charge in [0.2, 0.25) is 15.9 Å². The Bertz CT molecular complexity index is 871. The molecule has 158 valence electrons. The molecule has 0 aromatic heterocycles. The third-order valence-corrected chi connectivity index (χ3v) is 6.40. The van der Waals surface area contributed by atoms with Gasteiger partial charge in [0, 0.05) is 24.2 Å². The van der Waals surface area contributed by atoms with Gasteiger partial charge in [-0.15, -0.1) is 0 Å². The molecule has 0 atom stereocenters. The Morgan fingerprint density at radius 3 is 2.38 bits per heavy atom. The molecule has 0 aliphatic heterocycles. The van der Waals surface area contributed by atoms with E-state index < -0.39 is 10.0 Å². The van der Waals surface area contributed by atoms with E-state index in [0.29, 0.717) is 19.6 Å². The molecule has 0 unspecified atom stereocenters. The van der Waals surface area contributed by atoms with Gasteiger partial charge in [0.1, 0.15) is 0 Å². The van der Waals surface area contributed by atoms with Crippen molar-refractivity contribution in [1.29, 1.82) is 0 Å². The van der Waals surface area contributed by atoms with Gasteiger partial charge in [-0.25, -0.2) is 8.42 Å². The van der Waals surface area contributed by atoms with Gasteiger partial charge in [-0.2, -0.15) is 4.31 Å². The van der Waals surface area contributed by atoms with Crippen LogP contribution in [-0.4, -0.2) is 44.4 Å². The summed E-state index contributed by atoms with van der Waals surface area (Å²) in [5, 5.41) is 2.77. The largest absolute Gasteiger partial charge is 0.379 e. The van der Waals surface area contributed by atoms with Crippen LogP contribution in [0.4, 0.5) is 0 Å². The lowest BCUT2D eigenvalue weighted by Crippen LogP contribution is -2.40. The molecule has 1 amide bonds. The lowest BCUT2D eigenvalue weighted by molar-refractivity contribution is -0.121. The van der Waals surface area contributed by atoms with E-state index in [1.807, 2.05) is 38.1 Å². The van der Waals surface area contributed by atoms with Crippen LogP contribution in [0.25, 0.3) is 0 Å². The van der Waals surface area contributed by atoms with Crippen LogP contribution in [0.15, 0.2) is 64.0 Å². The number of carbonyl (C=O) groups is 1. The van der Waals surface area contributed by atoms with E-state index in [9.17, 15) is 13.2 Å². The Kier molecular flexibility index (Phi) is 9.29. The second-order valence-electron chi connectivity index (χ2n) is 6.84. The van der Waals surface area contributed by atoms with Crippen molar-refractivity contribution in [3.8, 4) is 0 Å². The van der Waals surface area contributed by atoms with Crippen molar-refractivity contribution >= 4 is 31.9 Å². The summed E-state index contributed by atoms with van der Waals surface area (Å²) in [4.78, 5) is 12.6. The molecule has 0 aliphatic rings. The van der Waals surface area contributed by atoms with Crippen LogP contribution in [0.3, 0.4) is 0 Å². The van der Waals surface area contributed by atoms with Crippen molar-refractivity contribution in [2.75, 3.05) is 19.7 Å². The van der Waals surface area contributed by atoms with Gasteiger partial charge in [0.25, 0.3) is 0 Å². The van der Waals surface area contributed by atoms with E-state index in [-0.39, 0.29) is 30.0 Å². The van der Waals surface area contributed by atoms with Crippen molar-refractivity contribution < 1.29 is 17.9 Å². The number of carbonyl (C=O) groups excluding carboxylic acids is 1. The minimum Gasteiger partial charge on any atom is -0.379 e. The monoisotopic (exact) mass is 482 g/mol. The van der Waals surface area contributed by atoms with Gasteiger partial charge in [-0.05, 0) is 50.1 Å². The van der Waals surface area contributed by atoms with Gasteiger partial charge >= 0.3 is 0 Å². The lowest BCUT2D eigenvalue weighted by Gasteiger charge is -2.22. The molecule has 0 saturated carbocycles. The normalized spacial score (nSPS) is 11.8. The Morgan fingerprint density at radius 2 is 1.76 bits per heavy atom. The molecule has 29 heavy (non-hydrogen) atoms. The van der Waals surface area contributed by atoms with Crippen molar-refractivity contribution in [1.82, 2.24) is 9.62 Å². The van der Waals surface area contributed by atoms with Crippen LogP contribution in [0.2, 0.25) is 0 Å². The fourth-order valence-electron chi connectivity index (χ4n) is 2.60. The van der Waals surface area contributed by atoms with E-state index >= 15 is 0 Å². The van der Waals surface area contributed by atoms with Crippen molar-refractivity contribution in [2.45, 2.75) is 37.8 Å². The summed E-state index contributed by atoms with van der Waals surface area (Å²) in [5.41, 5.74) is 0.797. The number of rotatable bonds is 11. The van der Waals surface area contributed by atoms with Gasteiger partial charge in [-0.1, -0.05) is 46.3 Å². The molecule has 2 aromatic carbocycles. The summed E-state index contributed by atoms with van der Waals surface area (Å²) in [6.07, 6.45) is 0.810. The zero-order valence-electron chi connectivity index (χ0n) is 16.7. The van der Waals surface area contributed by atoms with Gasteiger partial charge < -0.3 is 10.1 Å². The van der Waals surface area contributed by atoms with Crippen LogP contribution in [0.5, 0.6) is 0 Å². The second kappa shape index (κ2) is 11.4. The van der Waals surface area contributed by atoms with Gasteiger partial charge in [0.15, 0.2) is 0 Å². The molecular formula is C21H27BrN2O4S. The average molecular weight is 483 g/mol. The minimum absolute atomic E-state index is 0.106. The zero-order valence-corrected chi connectivity index (χ0v) is 19.1. The summed E-state index contributed by atoms with van der Waals surface area (Å²) >= 11 is 3.37. The molecule has 0 heterocycles. The van der Waals surface area contributed by atoms with E-state index in [2.05, 4.69) is 21.2 Å². The number of nitrogens with zero attached hydrogens (tertiary/aromatic N) is 1. The summed E-state index contributed by atoms with van der Waals surface area (Å²) in [6, 6.07) is 15.5. The SMILES string of the molecule is CC(C)OCCCNC(=O)CN(Cc1ccc(Br)cc1)S(=O)(=O)c1ccccc1. The van der Waals surface area contributed by atoms with Crippen LogP contribution >= 0.6 is 15.9 Å². The van der Waals surface area contributed by atoms with E-state index in [1.165, 1.54) is 16.4 Å². The lowest BCUT2D eigenvalue weighted by atomic mass is 10.2. The summed E-state index contributed by atoms with van der Waals surface area (Å²) in [7, 11) is -3.81. The molecule has 8 heteroatoms. The standard InChI is InChI=1S/C21H27BrN2O4S/c1-17(2)28-14-6-13-23-21(25)16-24(15-18-9-11-19(22)12-10-18)29(26,27)20-7-4-3-5-8-20/h3-5,7-12,17H,6,13-16H2,1-2H3,(H,23,25). The quantitative estimate of drug-likeness (QED) is 0.496. The summed E-state index contributed by atoms with van der Waals surface area (Å²) in [6.45, 7) is 4.73. The third kappa shape index (κ3) is 7.89. The van der Waals surface area contributed by atoms with Crippen molar-refractivity contribution in [2.24, 2.45) is 0 Å². The number of ether oxygens (including phenoxy) is 1. The van der Waals surface area contributed by atoms with E-state index in [4.69, 9.17) is 4.74 Å². The maximum absolute atomic E-state index is 13.1. The first-order valence-electron chi connectivity index (χ1n) is 9.47. The number of benzene rings is 2. The molecule has 0 aliphatic carbocycles. The Balaban J connectivity index is 2.08. The zero-order chi connectivity index (χ0) is 21.3. The topological polar surface area (TPSA) is 75.7 Å². The highest BCUT2D eigenvalue weighted by Gasteiger charge is 2.26. The molecule has 2 aromatic rings. The van der Waals surface area contributed by atoms with Crippen LogP contribution < -0.4 is 5.32 Å². The van der Waals surface area contributed by atoms with Crippen LogP contribution in [-0.2, 0) is 26.1 Å². The molecular weight excluding hydrogens is 456 g/mol. The highest BCUT2D eigenvalue weighted by atomic mass is 79.9. The summed E-state index contributed by atoms with van der Waals surface area (Å²) < 4.78 is 33.8. The molecule has 2 rings (SSSR count). The first kappa shape index (κ1) is 23.5. The fourth-order valence-corrected chi connectivity index (χ4v) is 4.27. The first-order chi connectivity index (χ1) is 13.8. The third-order valence-electron chi connectivity index (χ3n) is 4.07. The van der Waals surface area contributed by atoms with E-state index in [1.54, 1.807) is 18.2 Å². The number of sulfonamides is 1. The fraction of sp³-hybridized carbons (Fsp3) is 0.381. The predicted molar refractivity (Wildman–Crippen MR) is 117 cm³/mol. The maximum atomic E-state index is 13.1. The van der Waals surface area contributed by atoms with Gasteiger partial charge in [-0.3, -0.25) is 4.79 Å². The number of hydrogen-bond acceptors (Lipinski definition) is 4. The molecule has 6 nitrogen and oxygen atoms in total. The molecule has 0 fully saturated rings. The Morgan fingerprint density at radius 1 is 1.10 bits per heavy atom. The van der Waals surface area contributed by atoms with Crippen LogP contribution in [0, 0.1) is 0 Å². The van der Waals surface area contributed by atoms with Crippen LogP contribution in [0.1, 0.15) is 25.8 Å². The number of halogens is 1. The molecule has 0 radical (unpaired) electrons. The smallest absolute Gasteiger partial charge is 0.243 e. The summed E-state index contributed by atoms with van der Waals surface area (Å²) in [5.74, 6) is -0.342. The van der Waals surface area contributed by atoms with E-state index in [0.717, 1.165) is 10.0 Å². The number of nitrogens with one attached hydrogen (secondary N) is 1.